The maximum Gasteiger partial charge on any atom is 0.253 e. The van der Waals surface area contributed by atoms with Gasteiger partial charge in [-0.2, -0.15) is 0 Å². The molecular formula is C17H21N3O. The minimum atomic E-state index is 0.0488. The lowest BCUT2D eigenvalue weighted by Crippen LogP contribution is -2.29. The van der Waals surface area contributed by atoms with Crippen LogP contribution in [0.15, 0.2) is 48.8 Å². The van der Waals surface area contributed by atoms with Crippen LogP contribution in [0.5, 0.6) is 0 Å². The van der Waals surface area contributed by atoms with E-state index in [-0.39, 0.29) is 5.91 Å². The van der Waals surface area contributed by atoms with Gasteiger partial charge in [0.2, 0.25) is 0 Å². The van der Waals surface area contributed by atoms with Gasteiger partial charge in [-0.25, -0.2) is 0 Å². The number of likely N-dealkylation sites (N-methyl/N-ethyl adjacent to an activating group) is 1. The van der Waals surface area contributed by atoms with Gasteiger partial charge in [-0.3, -0.25) is 9.78 Å². The second-order valence-corrected chi connectivity index (χ2v) is 5.28. The first-order chi connectivity index (χ1) is 10.1. The molecule has 0 radical (unpaired) electrons. The zero-order valence-corrected chi connectivity index (χ0v) is 12.8. The Balaban J connectivity index is 2.00. The van der Waals surface area contributed by atoms with Crippen LogP contribution < -0.4 is 4.90 Å². The molecule has 4 heteroatoms. The Labute approximate surface area is 126 Å². The summed E-state index contributed by atoms with van der Waals surface area (Å²) in [6.45, 7) is 0.690. The summed E-state index contributed by atoms with van der Waals surface area (Å²) >= 11 is 0. The van der Waals surface area contributed by atoms with Crippen LogP contribution >= 0.6 is 0 Å². The highest BCUT2D eigenvalue weighted by atomic mass is 16.2. The van der Waals surface area contributed by atoms with Gasteiger partial charge in [0.1, 0.15) is 0 Å². The van der Waals surface area contributed by atoms with Crippen molar-refractivity contribution >= 4 is 11.6 Å². The van der Waals surface area contributed by atoms with Crippen LogP contribution in [0.25, 0.3) is 0 Å². The van der Waals surface area contributed by atoms with Gasteiger partial charge in [-0.1, -0.05) is 6.07 Å². The molecule has 0 bridgehead atoms. The number of pyridine rings is 1. The molecule has 0 atom stereocenters. The molecule has 110 valence electrons. The number of carbonyl (C=O) groups excluding carboxylic acids is 1. The average Bonchev–Trinajstić information content (AvgIpc) is 2.53. The summed E-state index contributed by atoms with van der Waals surface area (Å²) in [4.78, 5) is 20.2. The first kappa shape index (κ1) is 15.0. The summed E-state index contributed by atoms with van der Waals surface area (Å²) in [5, 5.41) is 0. The molecule has 0 aliphatic carbocycles. The normalized spacial score (nSPS) is 10.2. The fraction of sp³-hybridized carbons (Fsp3) is 0.294. The van der Waals surface area contributed by atoms with Crippen LogP contribution in [0.3, 0.4) is 0 Å². The molecular weight excluding hydrogens is 262 g/mol. The van der Waals surface area contributed by atoms with Crippen molar-refractivity contribution in [2.24, 2.45) is 0 Å². The topological polar surface area (TPSA) is 36.4 Å². The molecule has 0 fully saturated rings. The number of aromatic nitrogens is 1. The monoisotopic (exact) mass is 283 g/mol. The Morgan fingerprint density at radius 2 is 1.81 bits per heavy atom. The van der Waals surface area contributed by atoms with Crippen LogP contribution in [0.4, 0.5) is 5.69 Å². The van der Waals surface area contributed by atoms with E-state index >= 15 is 0 Å². The van der Waals surface area contributed by atoms with Crippen LogP contribution in [0, 0.1) is 0 Å². The highest BCUT2D eigenvalue weighted by Gasteiger charge is 2.12. The van der Waals surface area contributed by atoms with E-state index in [1.54, 1.807) is 17.3 Å². The molecule has 0 saturated heterocycles. The molecule has 1 aromatic carbocycles. The molecule has 0 aliphatic rings. The minimum absolute atomic E-state index is 0.0488. The summed E-state index contributed by atoms with van der Waals surface area (Å²) in [7, 11) is 5.78. The van der Waals surface area contributed by atoms with Gasteiger partial charge in [0.05, 0.1) is 0 Å². The zero-order chi connectivity index (χ0) is 15.2. The molecule has 1 aromatic heterocycles. The molecule has 0 aliphatic heterocycles. The predicted octanol–water partition coefficient (Wildman–Crippen LogP) is 2.46. The molecule has 21 heavy (non-hydrogen) atoms. The highest BCUT2D eigenvalue weighted by molar-refractivity contribution is 5.95. The van der Waals surface area contributed by atoms with Crippen LogP contribution in [-0.2, 0) is 6.42 Å². The number of benzene rings is 1. The van der Waals surface area contributed by atoms with E-state index in [4.69, 9.17) is 0 Å². The predicted molar refractivity (Wildman–Crippen MR) is 85.7 cm³/mol. The van der Waals surface area contributed by atoms with Crippen LogP contribution in [0.2, 0.25) is 0 Å². The van der Waals surface area contributed by atoms with Gasteiger partial charge < -0.3 is 9.80 Å². The summed E-state index contributed by atoms with van der Waals surface area (Å²) in [5.74, 6) is 0.0488. The smallest absolute Gasteiger partial charge is 0.253 e. The summed E-state index contributed by atoms with van der Waals surface area (Å²) in [6.07, 6.45) is 4.38. The molecule has 0 unspecified atom stereocenters. The van der Waals surface area contributed by atoms with E-state index < -0.39 is 0 Å². The van der Waals surface area contributed by atoms with Gasteiger partial charge >= 0.3 is 0 Å². The molecule has 1 amide bonds. The molecule has 4 nitrogen and oxygen atoms in total. The fourth-order valence-corrected chi connectivity index (χ4v) is 2.09. The number of carbonyl (C=O) groups is 1. The van der Waals surface area contributed by atoms with Crippen molar-refractivity contribution in [3.63, 3.8) is 0 Å². The standard InChI is InChI=1S/C17H21N3O/c1-19(2)16-6-4-5-15(13-16)17(21)20(3)12-9-14-7-10-18-11-8-14/h4-8,10-11,13H,9,12H2,1-3H3. The Morgan fingerprint density at radius 3 is 2.48 bits per heavy atom. The average molecular weight is 283 g/mol. The van der Waals surface area contributed by atoms with Gasteiger partial charge in [0, 0.05) is 51.3 Å². The summed E-state index contributed by atoms with van der Waals surface area (Å²) in [6, 6.07) is 11.6. The SMILES string of the molecule is CN(CCc1ccncc1)C(=O)c1cccc(N(C)C)c1. The van der Waals surface area contributed by atoms with Crippen molar-refractivity contribution in [3.05, 3.63) is 59.9 Å². The summed E-state index contributed by atoms with van der Waals surface area (Å²) < 4.78 is 0. The van der Waals surface area contributed by atoms with Crippen molar-refractivity contribution in [2.45, 2.75) is 6.42 Å². The lowest BCUT2D eigenvalue weighted by molar-refractivity contribution is 0.0796. The maximum atomic E-state index is 12.4. The second-order valence-electron chi connectivity index (χ2n) is 5.28. The second kappa shape index (κ2) is 6.88. The quantitative estimate of drug-likeness (QED) is 0.846. The molecule has 2 rings (SSSR count). The number of rotatable bonds is 5. The van der Waals surface area contributed by atoms with E-state index in [0.717, 1.165) is 17.7 Å². The number of anilines is 1. The highest BCUT2D eigenvalue weighted by Crippen LogP contribution is 2.15. The van der Waals surface area contributed by atoms with Gasteiger partial charge in [-0.05, 0) is 42.3 Å². The largest absolute Gasteiger partial charge is 0.378 e. The van der Waals surface area contributed by atoms with Gasteiger partial charge in [0.25, 0.3) is 5.91 Å². The number of nitrogens with zero attached hydrogens (tertiary/aromatic N) is 3. The zero-order valence-electron chi connectivity index (χ0n) is 12.8. The molecule has 0 spiro atoms. The Morgan fingerprint density at radius 1 is 1.10 bits per heavy atom. The fourth-order valence-electron chi connectivity index (χ4n) is 2.09. The lowest BCUT2D eigenvalue weighted by atomic mass is 10.1. The molecule has 2 aromatic rings. The third-order valence-corrected chi connectivity index (χ3v) is 3.44. The van der Waals surface area contributed by atoms with E-state index in [1.165, 1.54) is 5.56 Å². The third-order valence-electron chi connectivity index (χ3n) is 3.44. The number of amides is 1. The number of hydrogen-bond acceptors (Lipinski definition) is 3. The first-order valence-electron chi connectivity index (χ1n) is 6.99. The molecule has 0 saturated carbocycles. The summed E-state index contributed by atoms with van der Waals surface area (Å²) in [5.41, 5.74) is 2.94. The van der Waals surface area contributed by atoms with Crippen molar-refractivity contribution in [3.8, 4) is 0 Å². The Bertz CT molecular complexity index is 596. The Hall–Kier alpha value is -2.36. The minimum Gasteiger partial charge on any atom is -0.378 e. The van der Waals surface area contributed by atoms with E-state index in [1.807, 2.05) is 62.4 Å². The molecule has 0 N–H and O–H groups in total. The van der Waals surface area contributed by atoms with E-state index in [0.29, 0.717) is 6.54 Å². The van der Waals surface area contributed by atoms with E-state index in [2.05, 4.69) is 4.98 Å². The molecule has 1 heterocycles. The lowest BCUT2D eigenvalue weighted by Gasteiger charge is -2.19. The van der Waals surface area contributed by atoms with Crippen LogP contribution in [0.1, 0.15) is 15.9 Å². The van der Waals surface area contributed by atoms with E-state index in [9.17, 15) is 4.79 Å². The van der Waals surface area contributed by atoms with Gasteiger partial charge in [0.15, 0.2) is 0 Å². The Kier molecular flexibility index (Phi) is 4.93. The maximum absolute atomic E-state index is 12.4. The van der Waals surface area contributed by atoms with Crippen molar-refractivity contribution in [1.29, 1.82) is 0 Å². The van der Waals surface area contributed by atoms with Crippen molar-refractivity contribution < 1.29 is 4.79 Å². The number of hydrogen-bond donors (Lipinski definition) is 0. The first-order valence-corrected chi connectivity index (χ1v) is 6.99. The van der Waals surface area contributed by atoms with Crippen molar-refractivity contribution in [2.75, 3.05) is 32.6 Å². The third kappa shape index (κ3) is 4.05. The van der Waals surface area contributed by atoms with Crippen LogP contribution in [-0.4, -0.2) is 43.5 Å². The van der Waals surface area contributed by atoms with Gasteiger partial charge in [-0.15, -0.1) is 0 Å². The van der Waals surface area contributed by atoms with Crippen molar-refractivity contribution in [1.82, 2.24) is 9.88 Å².